The second kappa shape index (κ2) is 5.95. The summed E-state index contributed by atoms with van der Waals surface area (Å²) >= 11 is 0. The van der Waals surface area contributed by atoms with Crippen molar-refractivity contribution in [3.05, 3.63) is 59.4 Å². The molecule has 0 saturated carbocycles. The zero-order chi connectivity index (χ0) is 14.7. The standard InChI is InChI=1S/C17H19N3O/c18-16(21)11-12-6-8-14(9-7-12)20-15-5-1-3-13-4-2-10-19-17(13)15/h2,4,6-10,15,20H,1,3,5,11H2,(H2,18,21). The van der Waals surface area contributed by atoms with Crippen molar-refractivity contribution in [2.24, 2.45) is 5.73 Å². The summed E-state index contributed by atoms with van der Waals surface area (Å²) < 4.78 is 0. The molecule has 21 heavy (non-hydrogen) atoms. The van der Waals surface area contributed by atoms with Gasteiger partial charge in [-0.1, -0.05) is 18.2 Å². The van der Waals surface area contributed by atoms with Gasteiger partial charge in [0.05, 0.1) is 18.2 Å². The molecule has 1 heterocycles. The van der Waals surface area contributed by atoms with Crippen molar-refractivity contribution in [1.82, 2.24) is 4.98 Å². The van der Waals surface area contributed by atoms with Crippen LogP contribution in [-0.2, 0) is 17.6 Å². The third-order valence-corrected chi connectivity index (χ3v) is 3.87. The van der Waals surface area contributed by atoms with Crippen molar-refractivity contribution in [2.75, 3.05) is 5.32 Å². The molecule has 0 aliphatic heterocycles. The third-order valence-electron chi connectivity index (χ3n) is 3.87. The van der Waals surface area contributed by atoms with E-state index in [0.717, 1.165) is 29.8 Å². The van der Waals surface area contributed by atoms with Gasteiger partial charge in [-0.25, -0.2) is 0 Å². The van der Waals surface area contributed by atoms with Crippen LogP contribution in [0.25, 0.3) is 0 Å². The van der Waals surface area contributed by atoms with Crippen LogP contribution in [-0.4, -0.2) is 10.9 Å². The van der Waals surface area contributed by atoms with Crippen LogP contribution >= 0.6 is 0 Å². The Bertz CT molecular complexity index is 637. The van der Waals surface area contributed by atoms with Crippen LogP contribution in [0.4, 0.5) is 5.69 Å². The first-order valence-corrected chi connectivity index (χ1v) is 7.30. The number of pyridine rings is 1. The topological polar surface area (TPSA) is 68.0 Å². The smallest absolute Gasteiger partial charge is 0.221 e. The minimum atomic E-state index is -0.305. The second-order valence-corrected chi connectivity index (χ2v) is 5.48. The highest BCUT2D eigenvalue weighted by atomic mass is 16.1. The summed E-state index contributed by atoms with van der Waals surface area (Å²) in [7, 11) is 0. The van der Waals surface area contributed by atoms with E-state index in [-0.39, 0.29) is 18.4 Å². The van der Waals surface area contributed by atoms with Gasteiger partial charge in [0.15, 0.2) is 0 Å². The second-order valence-electron chi connectivity index (χ2n) is 5.48. The lowest BCUT2D eigenvalue weighted by atomic mass is 9.92. The van der Waals surface area contributed by atoms with Crippen LogP contribution in [0.15, 0.2) is 42.6 Å². The molecular formula is C17H19N3O. The summed E-state index contributed by atoms with van der Waals surface area (Å²) in [5.74, 6) is -0.305. The Kier molecular flexibility index (Phi) is 3.86. The molecule has 1 aliphatic carbocycles. The van der Waals surface area contributed by atoms with E-state index >= 15 is 0 Å². The Morgan fingerprint density at radius 3 is 2.86 bits per heavy atom. The van der Waals surface area contributed by atoms with E-state index in [9.17, 15) is 4.79 Å². The van der Waals surface area contributed by atoms with Gasteiger partial charge in [0, 0.05) is 11.9 Å². The minimum Gasteiger partial charge on any atom is -0.377 e. The van der Waals surface area contributed by atoms with Gasteiger partial charge in [-0.3, -0.25) is 9.78 Å². The molecule has 0 spiro atoms. The van der Waals surface area contributed by atoms with Gasteiger partial charge in [-0.05, 0) is 48.6 Å². The maximum Gasteiger partial charge on any atom is 0.221 e. The van der Waals surface area contributed by atoms with Crippen LogP contribution in [0.5, 0.6) is 0 Å². The van der Waals surface area contributed by atoms with Crippen LogP contribution in [0, 0.1) is 0 Å². The van der Waals surface area contributed by atoms with Crippen molar-refractivity contribution in [3.8, 4) is 0 Å². The molecule has 0 fully saturated rings. The van der Waals surface area contributed by atoms with E-state index < -0.39 is 0 Å². The number of benzene rings is 1. The normalized spacial score (nSPS) is 17.0. The maximum atomic E-state index is 10.9. The summed E-state index contributed by atoms with van der Waals surface area (Å²) in [4.78, 5) is 15.4. The largest absolute Gasteiger partial charge is 0.377 e. The maximum absolute atomic E-state index is 10.9. The number of aromatic nitrogens is 1. The molecule has 0 saturated heterocycles. The quantitative estimate of drug-likeness (QED) is 0.905. The lowest BCUT2D eigenvalue weighted by Crippen LogP contribution is -2.19. The number of carbonyl (C=O) groups is 1. The van der Waals surface area contributed by atoms with Gasteiger partial charge in [0.1, 0.15) is 0 Å². The highest BCUT2D eigenvalue weighted by Crippen LogP contribution is 2.30. The lowest BCUT2D eigenvalue weighted by Gasteiger charge is -2.26. The average molecular weight is 281 g/mol. The third kappa shape index (κ3) is 3.21. The Hall–Kier alpha value is -2.36. The SMILES string of the molecule is NC(=O)Cc1ccc(NC2CCCc3cccnc32)cc1. The minimum absolute atomic E-state index is 0.261. The zero-order valence-corrected chi connectivity index (χ0v) is 11.9. The molecule has 1 aromatic carbocycles. The molecule has 1 aliphatic rings. The molecule has 3 rings (SSSR count). The number of anilines is 1. The molecule has 1 atom stereocenters. The first kappa shape index (κ1) is 13.6. The molecule has 1 amide bonds. The predicted molar refractivity (Wildman–Crippen MR) is 82.9 cm³/mol. The van der Waals surface area contributed by atoms with Gasteiger partial charge in [0.25, 0.3) is 0 Å². The summed E-state index contributed by atoms with van der Waals surface area (Å²) in [6.45, 7) is 0. The molecule has 1 aromatic heterocycles. The van der Waals surface area contributed by atoms with Gasteiger partial charge in [-0.15, -0.1) is 0 Å². The van der Waals surface area contributed by atoms with Crippen LogP contribution in [0.2, 0.25) is 0 Å². The van der Waals surface area contributed by atoms with Gasteiger partial charge in [0.2, 0.25) is 5.91 Å². The molecule has 4 heteroatoms. The Morgan fingerprint density at radius 2 is 2.10 bits per heavy atom. The van der Waals surface area contributed by atoms with Crippen LogP contribution in [0.3, 0.4) is 0 Å². The van der Waals surface area contributed by atoms with Crippen molar-refractivity contribution in [2.45, 2.75) is 31.7 Å². The number of amides is 1. The number of hydrogen-bond donors (Lipinski definition) is 2. The van der Waals surface area contributed by atoms with E-state index in [1.165, 1.54) is 12.0 Å². The summed E-state index contributed by atoms with van der Waals surface area (Å²) in [6, 6.07) is 12.3. The highest BCUT2D eigenvalue weighted by molar-refractivity contribution is 5.76. The molecule has 4 nitrogen and oxygen atoms in total. The monoisotopic (exact) mass is 281 g/mol. The van der Waals surface area contributed by atoms with E-state index in [0.29, 0.717) is 0 Å². The number of fused-ring (bicyclic) bond motifs is 1. The van der Waals surface area contributed by atoms with Gasteiger partial charge >= 0.3 is 0 Å². The van der Waals surface area contributed by atoms with Gasteiger partial charge in [-0.2, -0.15) is 0 Å². The van der Waals surface area contributed by atoms with Crippen molar-refractivity contribution >= 4 is 11.6 Å². The van der Waals surface area contributed by atoms with Crippen LogP contribution < -0.4 is 11.1 Å². The van der Waals surface area contributed by atoms with E-state index in [1.54, 1.807) is 0 Å². The Labute approximate surface area is 124 Å². The molecule has 108 valence electrons. The molecule has 3 N–H and O–H groups in total. The first-order valence-electron chi connectivity index (χ1n) is 7.30. The number of nitrogens with one attached hydrogen (secondary N) is 1. The fourth-order valence-electron chi connectivity index (χ4n) is 2.87. The highest BCUT2D eigenvalue weighted by Gasteiger charge is 2.20. The molecular weight excluding hydrogens is 262 g/mol. The number of hydrogen-bond acceptors (Lipinski definition) is 3. The first-order chi connectivity index (χ1) is 10.2. The Balaban J connectivity index is 1.74. The molecule has 2 aromatic rings. The molecule has 0 bridgehead atoms. The number of nitrogens with zero attached hydrogens (tertiary/aromatic N) is 1. The zero-order valence-electron chi connectivity index (χ0n) is 11.9. The van der Waals surface area contributed by atoms with E-state index in [1.807, 2.05) is 36.5 Å². The molecule has 1 unspecified atom stereocenters. The number of aryl methyl sites for hydroxylation is 1. The summed E-state index contributed by atoms with van der Waals surface area (Å²) in [6.07, 6.45) is 5.52. The van der Waals surface area contributed by atoms with Crippen LogP contribution in [0.1, 0.15) is 35.7 Å². The van der Waals surface area contributed by atoms with Gasteiger partial charge < -0.3 is 11.1 Å². The summed E-state index contributed by atoms with van der Waals surface area (Å²) in [5, 5.41) is 3.54. The number of carbonyl (C=O) groups excluding carboxylic acids is 1. The number of primary amides is 1. The van der Waals surface area contributed by atoms with Crippen molar-refractivity contribution in [3.63, 3.8) is 0 Å². The van der Waals surface area contributed by atoms with E-state index in [4.69, 9.17) is 5.73 Å². The predicted octanol–water partition coefficient (Wildman–Crippen LogP) is 2.60. The number of rotatable bonds is 4. The number of nitrogens with two attached hydrogens (primary N) is 1. The van der Waals surface area contributed by atoms with E-state index in [2.05, 4.69) is 16.4 Å². The molecule has 0 radical (unpaired) electrons. The fraction of sp³-hybridized carbons (Fsp3) is 0.294. The van der Waals surface area contributed by atoms with Crippen molar-refractivity contribution in [1.29, 1.82) is 0 Å². The van der Waals surface area contributed by atoms with Crippen molar-refractivity contribution < 1.29 is 4.79 Å². The Morgan fingerprint density at radius 1 is 1.29 bits per heavy atom. The fourth-order valence-corrected chi connectivity index (χ4v) is 2.87. The summed E-state index contributed by atoms with van der Waals surface area (Å²) in [5.41, 5.74) is 9.69. The average Bonchev–Trinajstić information content (AvgIpc) is 2.49. The lowest BCUT2D eigenvalue weighted by molar-refractivity contribution is -0.117.